The molecule has 1 aromatic heterocycles. The third kappa shape index (κ3) is 1.15. The highest BCUT2D eigenvalue weighted by Gasteiger charge is 2.11. The van der Waals surface area contributed by atoms with Crippen molar-refractivity contribution in [1.82, 2.24) is 4.98 Å². The van der Waals surface area contributed by atoms with Crippen LogP contribution in [0, 0.1) is 12.8 Å². The van der Waals surface area contributed by atoms with E-state index in [1.807, 2.05) is 6.20 Å². The van der Waals surface area contributed by atoms with Crippen molar-refractivity contribution in [2.45, 2.75) is 20.3 Å². The van der Waals surface area contributed by atoms with E-state index in [4.69, 9.17) is 0 Å². The fourth-order valence-electron chi connectivity index (χ4n) is 1.65. The van der Waals surface area contributed by atoms with Crippen molar-refractivity contribution < 1.29 is 0 Å². The predicted octanol–water partition coefficient (Wildman–Crippen LogP) is 2.60. The van der Waals surface area contributed by atoms with Gasteiger partial charge in [0, 0.05) is 11.9 Å². The van der Waals surface area contributed by atoms with E-state index in [2.05, 4.69) is 37.0 Å². The number of rotatable bonds is 0. The maximum absolute atomic E-state index is 4.38. The van der Waals surface area contributed by atoms with Gasteiger partial charge in [0.15, 0.2) is 0 Å². The molecule has 0 radical (unpaired) electrons. The van der Waals surface area contributed by atoms with Gasteiger partial charge in [-0.1, -0.05) is 19.1 Å². The minimum atomic E-state index is 0.645. The normalized spacial score (nSPS) is 20.7. The number of fused-ring (bicyclic) bond motifs is 1. The number of aryl methyl sites for hydroxylation is 1. The van der Waals surface area contributed by atoms with Crippen LogP contribution in [-0.4, -0.2) is 4.98 Å². The van der Waals surface area contributed by atoms with Crippen LogP contribution in [0.1, 0.15) is 23.7 Å². The summed E-state index contributed by atoms with van der Waals surface area (Å²) in [6.45, 7) is 4.37. The first kappa shape index (κ1) is 7.53. The van der Waals surface area contributed by atoms with Crippen LogP contribution in [0.3, 0.4) is 0 Å². The molecule has 1 nitrogen and oxygen atoms in total. The molecule has 0 N–H and O–H groups in total. The predicted molar refractivity (Wildman–Crippen MR) is 50.9 cm³/mol. The number of hydrogen-bond donors (Lipinski definition) is 0. The van der Waals surface area contributed by atoms with Crippen LogP contribution in [0.2, 0.25) is 0 Å². The highest BCUT2D eigenvalue weighted by molar-refractivity contribution is 5.58. The van der Waals surface area contributed by atoms with Crippen molar-refractivity contribution in [2.75, 3.05) is 0 Å². The van der Waals surface area contributed by atoms with E-state index in [0.717, 1.165) is 6.42 Å². The van der Waals surface area contributed by atoms with E-state index in [-0.39, 0.29) is 0 Å². The standard InChI is InChI=1S/C11H13N/c1-8-3-4-10-9(2)5-6-12-11(10)7-8/h3-6,8H,7H2,1-2H3. The van der Waals surface area contributed by atoms with E-state index in [0.29, 0.717) is 5.92 Å². The Balaban J connectivity index is 2.53. The Hall–Kier alpha value is -1.11. The summed E-state index contributed by atoms with van der Waals surface area (Å²) >= 11 is 0. The van der Waals surface area contributed by atoms with Gasteiger partial charge in [-0.3, -0.25) is 4.98 Å². The first-order chi connectivity index (χ1) is 5.77. The zero-order chi connectivity index (χ0) is 8.55. The summed E-state index contributed by atoms with van der Waals surface area (Å²) in [6.07, 6.45) is 7.45. The Morgan fingerprint density at radius 3 is 3.17 bits per heavy atom. The van der Waals surface area contributed by atoms with Gasteiger partial charge >= 0.3 is 0 Å². The monoisotopic (exact) mass is 159 g/mol. The lowest BCUT2D eigenvalue weighted by Gasteiger charge is -2.15. The molecule has 2 rings (SSSR count). The summed E-state index contributed by atoms with van der Waals surface area (Å²) in [4.78, 5) is 4.38. The molecule has 12 heavy (non-hydrogen) atoms. The second-order valence-electron chi connectivity index (χ2n) is 3.53. The van der Waals surface area contributed by atoms with Gasteiger partial charge < -0.3 is 0 Å². The molecule has 1 aliphatic rings. The molecular weight excluding hydrogens is 146 g/mol. The third-order valence-electron chi connectivity index (χ3n) is 2.40. The van der Waals surface area contributed by atoms with Crippen LogP contribution in [0.4, 0.5) is 0 Å². The number of hydrogen-bond acceptors (Lipinski definition) is 1. The first-order valence-corrected chi connectivity index (χ1v) is 4.40. The van der Waals surface area contributed by atoms with Gasteiger partial charge in [0.05, 0.1) is 0 Å². The maximum Gasteiger partial charge on any atom is 0.0484 e. The van der Waals surface area contributed by atoms with Crippen LogP contribution in [0.25, 0.3) is 6.08 Å². The first-order valence-electron chi connectivity index (χ1n) is 4.40. The van der Waals surface area contributed by atoms with E-state index < -0.39 is 0 Å². The van der Waals surface area contributed by atoms with Crippen molar-refractivity contribution in [1.29, 1.82) is 0 Å². The fraction of sp³-hybridized carbons (Fsp3) is 0.364. The lowest BCUT2D eigenvalue weighted by molar-refractivity contribution is 0.698. The van der Waals surface area contributed by atoms with E-state index in [1.54, 1.807) is 0 Å². The number of aromatic nitrogens is 1. The molecule has 1 unspecified atom stereocenters. The van der Waals surface area contributed by atoms with Crippen LogP contribution in [0.15, 0.2) is 18.3 Å². The van der Waals surface area contributed by atoms with E-state index in [1.165, 1.54) is 16.8 Å². The van der Waals surface area contributed by atoms with Gasteiger partial charge in [-0.05, 0) is 36.5 Å². The topological polar surface area (TPSA) is 12.9 Å². The molecule has 0 bridgehead atoms. The molecular formula is C11H13N. The SMILES string of the molecule is Cc1ccnc2c1C=CC(C)C2. The van der Waals surface area contributed by atoms with Crippen LogP contribution < -0.4 is 0 Å². The molecule has 1 aliphatic carbocycles. The Labute approximate surface area is 73.1 Å². The van der Waals surface area contributed by atoms with Crippen molar-refractivity contribution in [3.8, 4) is 0 Å². The van der Waals surface area contributed by atoms with Crippen LogP contribution in [0.5, 0.6) is 0 Å². The van der Waals surface area contributed by atoms with Gasteiger partial charge in [-0.2, -0.15) is 0 Å². The van der Waals surface area contributed by atoms with Crippen molar-refractivity contribution in [3.63, 3.8) is 0 Å². The molecule has 1 heterocycles. The highest BCUT2D eigenvalue weighted by atomic mass is 14.7. The Morgan fingerprint density at radius 1 is 1.50 bits per heavy atom. The lowest BCUT2D eigenvalue weighted by atomic mass is 9.93. The summed E-state index contributed by atoms with van der Waals surface area (Å²) in [5.74, 6) is 0.645. The molecule has 0 amide bonds. The molecule has 0 aliphatic heterocycles. The quantitative estimate of drug-likeness (QED) is 0.567. The second kappa shape index (κ2) is 2.74. The molecule has 0 saturated carbocycles. The van der Waals surface area contributed by atoms with Gasteiger partial charge in [-0.25, -0.2) is 0 Å². The molecule has 0 spiro atoms. The zero-order valence-electron chi connectivity index (χ0n) is 7.54. The van der Waals surface area contributed by atoms with E-state index in [9.17, 15) is 0 Å². The zero-order valence-corrected chi connectivity index (χ0v) is 7.54. The van der Waals surface area contributed by atoms with Crippen molar-refractivity contribution in [2.24, 2.45) is 5.92 Å². The van der Waals surface area contributed by atoms with Gasteiger partial charge in [0.1, 0.15) is 0 Å². The minimum Gasteiger partial charge on any atom is -0.261 e. The smallest absolute Gasteiger partial charge is 0.0484 e. The average Bonchev–Trinajstić information content (AvgIpc) is 2.04. The molecule has 1 atom stereocenters. The van der Waals surface area contributed by atoms with Crippen LogP contribution >= 0.6 is 0 Å². The number of nitrogens with zero attached hydrogens (tertiary/aromatic N) is 1. The average molecular weight is 159 g/mol. The van der Waals surface area contributed by atoms with E-state index >= 15 is 0 Å². The van der Waals surface area contributed by atoms with Gasteiger partial charge in [-0.15, -0.1) is 0 Å². The largest absolute Gasteiger partial charge is 0.261 e. The third-order valence-corrected chi connectivity index (χ3v) is 2.40. The molecule has 62 valence electrons. The molecule has 0 aromatic carbocycles. The summed E-state index contributed by atoms with van der Waals surface area (Å²) in [6, 6.07) is 2.07. The number of allylic oxidation sites excluding steroid dienone is 1. The number of pyridine rings is 1. The molecule has 1 aromatic rings. The summed E-state index contributed by atoms with van der Waals surface area (Å²) in [7, 11) is 0. The van der Waals surface area contributed by atoms with Crippen molar-refractivity contribution >= 4 is 6.08 Å². The summed E-state index contributed by atoms with van der Waals surface area (Å²) in [5.41, 5.74) is 3.92. The maximum atomic E-state index is 4.38. The van der Waals surface area contributed by atoms with Gasteiger partial charge in [0.2, 0.25) is 0 Å². The van der Waals surface area contributed by atoms with Crippen LogP contribution in [-0.2, 0) is 6.42 Å². The Bertz CT molecular complexity index is 326. The lowest BCUT2D eigenvalue weighted by Crippen LogP contribution is -2.06. The molecule has 0 fully saturated rings. The molecule has 1 heteroatoms. The fourth-order valence-corrected chi connectivity index (χ4v) is 1.65. The summed E-state index contributed by atoms with van der Waals surface area (Å²) in [5, 5.41) is 0. The Morgan fingerprint density at radius 2 is 2.33 bits per heavy atom. The van der Waals surface area contributed by atoms with Gasteiger partial charge in [0.25, 0.3) is 0 Å². The minimum absolute atomic E-state index is 0.645. The highest BCUT2D eigenvalue weighted by Crippen LogP contribution is 2.22. The Kier molecular flexibility index (Phi) is 1.72. The van der Waals surface area contributed by atoms with Crippen molar-refractivity contribution in [3.05, 3.63) is 35.2 Å². The molecule has 0 saturated heterocycles. The summed E-state index contributed by atoms with van der Waals surface area (Å²) < 4.78 is 0. The second-order valence-corrected chi connectivity index (χ2v) is 3.53.